The Labute approximate surface area is 183 Å². The maximum atomic E-state index is 12.2. The van der Waals surface area contributed by atoms with E-state index in [0.717, 1.165) is 33.3 Å². The molecule has 0 aliphatic heterocycles. The molecular weight excluding hydrogens is 432 g/mol. The summed E-state index contributed by atoms with van der Waals surface area (Å²) in [5.41, 5.74) is 12.3. The molecule has 0 aromatic rings. The number of thioether (sulfide) groups is 1. The summed E-state index contributed by atoms with van der Waals surface area (Å²) in [5, 5.41) is 19.0. The van der Waals surface area contributed by atoms with E-state index in [0.29, 0.717) is 18.5 Å². The zero-order chi connectivity index (χ0) is 22.4. The fourth-order valence-corrected chi connectivity index (χ4v) is 4.89. The Bertz CT molecular complexity index is 792. The highest BCUT2D eigenvalue weighted by atomic mass is 33.1. The molecule has 158 valence electrons. The highest BCUT2D eigenvalue weighted by molar-refractivity contribution is 8.79. The van der Waals surface area contributed by atoms with Gasteiger partial charge in [0.05, 0.1) is 13.2 Å². The number of rotatable bonds is 11. The van der Waals surface area contributed by atoms with Crippen LogP contribution in [0, 0.1) is 22.7 Å². The van der Waals surface area contributed by atoms with Crippen LogP contribution in [-0.4, -0.2) is 25.2 Å². The minimum absolute atomic E-state index is 0.00102. The van der Waals surface area contributed by atoms with Gasteiger partial charge in [0.1, 0.15) is 31.8 Å². The fraction of sp³-hybridized carbons (Fsp3) is 0.444. The molecule has 0 aromatic heterocycles. The van der Waals surface area contributed by atoms with Gasteiger partial charge in [0.25, 0.3) is 0 Å². The molecule has 8 nitrogen and oxygen atoms in total. The van der Waals surface area contributed by atoms with Crippen LogP contribution in [0.2, 0.25) is 0 Å². The second-order valence-electron chi connectivity index (χ2n) is 5.01. The van der Waals surface area contributed by atoms with Crippen LogP contribution in [0.15, 0.2) is 31.0 Å². The molecule has 11 heteroatoms. The average Bonchev–Trinajstić information content (AvgIpc) is 2.72. The lowest BCUT2D eigenvalue weighted by Gasteiger charge is -2.11. The Balaban J connectivity index is 5.86. The van der Waals surface area contributed by atoms with Gasteiger partial charge in [-0.15, -0.1) is 0 Å². The van der Waals surface area contributed by atoms with Crippen molar-refractivity contribution in [2.45, 2.75) is 40.5 Å². The first-order valence-corrected chi connectivity index (χ1v) is 11.7. The number of nitrogens with zero attached hydrogens (tertiary/aromatic N) is 2. The summed E-state index contributed by atoms with van der Waals surface area (Å²) in [6, 6.07) is 3.82. The molecule has 0 aromatic carbocycles. The van der Waals surface area contributed by atoms with E-state index >= 15 is 0 Å². The lowest BCUT2D eigenvalue weighted by Crippen LogP contribution is -2.12. The number of nitriles is 2. The quantitative estimate of drug-likeness (QED) is 0.203. The van der Waals surface area contributed by atoms with Crippen LogP contribution in [0.25, 0.3) is 0 Å². The van der Waals surface area contributed by atoms with Gasteiger partial charge in [-0.3, -0.25) is 0 Å². The molecule has 0 bridgehead atoms. The van der Waals surface area contributed by atoms with E-state index in [9.17, 15) is 20.1 Å². The molecule has 0 aliphatic rings. The molecule has 0 unspecified atom stereocenters. The lowest BCUT2D eigenvalue weighted by molar-refractivity contribution is -0.138. The van der Waals surface area contributed by atoms with Gasteiger partial charge in [-0.2, -0.15) is 10.5 Å². The van der Waals surface area contributed by atoms with E-state index < -0.39 is 11.9 Å². The lowest BCUT2D eigenvalue weighted by atomic mass is 10.3. The van der Waals surface area contributed by atoms with Gasteiger partial charge in [0.2, 0.25) is 0 Å². The predicted octanol–water partition coefficient (Wildman–Crippen LogP) is 3.65. The molecule has 0 spiro atoms. The predicted molar refractivity (Wildman–Crippen MR) is 117 cm³/mol. The van der Waals surface area contributed by atoms with E-state index in [4.69, 9.17) is 20.9 Å². The molecular formula is C18H24N4O4S3. The van der Waals surface area contributed by atoms with Gasteiger partial charge in [-0.1, -0.05) is 25.6 Å². The number of allylic oxidation sites excluding steroid dienone is 4. The third-order valence-corrected chi connectivity index (χ3v) is 6.74. The van der Waals surface area contributed by atoms with Gasteiger partial charge >= 0.3 is 11.9 Å². The van der Waals surface area contributed by atoms with Gasteiger partial charge < -0.3 is 20.9 Å². The smallest absolute Gasteiger partial charge is 0.347 e. The van der Waals surface area contributed by atoms with Crippen LogP contribution >= 0.6 is 33.3 Å². The van der Waals surface area contributed by atoms with E-state index in [-0.39, 0.29) is 38.5 Å². The molecule has 0 saturated heterocycles. The summed E-state index contributed by atoms with van der Waals surface area (Å²) < 4.78 is 9.96. The molecule has 0 heterocycles. The summed E-state index contributed by atoms with van der Waals surface area (Å²) in [4.78, 5) is 24.4. The SMILES string of the molecule is CCOC(=O)/C(SS/C(C#N)=C(/C#N)S/C(C(=O)OCC)=C(/N)CC)=C(\N)CC. The first kappa shape index (κ1) is 26.8. The zero-order valence-electron chi connectivity index (χ0n) is 16.7. The van der Waals surface area contributed by atoms with Crippen molar-refractivity contribution in [3.8, 4) is 12.1 Å². The molecule has 29 heavy (non-hydrogen) atoms. The molecule has 0 atom stereocenters. The van der Waals surface area contributed by atoms with Crippen molar-refractivity contribution in [3.05, 3.63) is 31.0 Å². The van der Waals surface area contributed by atoms with Crippen LogP contribution in [-0.2, 0) is 19.1 Å². The normalized spacial score (nSPS) is 13.2. The first-order chi connectivity index (χ1) is 13.8. The largest absolute Gasteiger partial charge is 0.462 e. The molecule has 0 saturated carbocycles. The highest BCUT2D eigenvalue weighted by Gasteiger charge is 2.22. The summed E-state index contributed by atoms with van der Waals surface area (Å²) in [5.74, 6) is -1.27. The van der Waals surface area contributed by atoms with Crippen LogP contribution in [0.5, 0.6) is 0 Å². The zero-order valence-corrected chi connectivity index (χ0v) is 19.2. The van der Waals surface area contributed by atoms with E-state index in [1.54, 1.807) is 27.7 Å². The van der Waals surface area contributed by atoms with Crippen molar-refractivity contribution in [3.63, 3.8) is 0 Å². The Morgan fingerprint density at radius 3 is 1.66 bits per heavy atom. The van der Waals surface area contributed by atoms with Gasteiger partial charge in [-0.25, -0.2) is 9.59 Å². The van der Waals surface area contributed by atoms with Crippen LogP contribution in [0.4, 0.5) is 0 Å². The first-order valence-electron chi connectivity index (χ1n) is 8.69. The fourth-order valence-electron chi connectivity index (χ4n) is 1.58. The standard InChI is InChI=1S/C18H24N4O4S3/c1-5-11(21)15(17(23)25-7-3)27-13(9-19)14(10-20)28-29-16(12(22)6-2)18(24)26-8-4/h5-8,21-22H2,1-4H3/b14-13-,15-11+,16-12+. The molecule has 0 aliphatic carbocycles. The molecule has 4 N–H and O–H groups in total. The number of nitrogens with two attached hydrogens (primary N) is 2. The molecule has 0 amide bonds. The summed E-state index contributed by atoms with van der Waals surface area (Å²) >= 11 is 0.766. The topological polar surface area (TPSA) is 152 Å². The van der Waals surface area contributed by atoms with Crippen molar-refractivity contribution < 1.29 is 19.1 Å². The van der Waals surface area contributed by atoms with Gasteiger partial charge in [0.15, 0.2) is 0 Å². The third-order valence-electron chi connectivity index (χ3n) is 3.09. The summed E-state index contributed by atoms with van der Waals surface area (Å²) in [7, 11) is 1.81. The number of carbonyl (C=O) groups excluding carboxylic acids is 2. The van der Waals surface area contributed by atoms with Crippen molar-refractivity contribution >= 4 is 45.3 Å². The maximum Gasteiger partial charge on any atom is 0.347 e. The van der Waals surface area contributed by atoms with Gasteiger partial charge in [0, 0.05) is 11.4 Å². The van der Waals surface area contributed by atoms with Crippen molar-refractivity contribution in [2.24, 2.45) is 11.5 Å². The van der Waals surface area contributed by atoms with Crippen LogP contribution in [0.3, 0.4) is 0 Å². The second kappa shape index (κ2) is 14.7. The number of hydrogen-bond acceptors (Lipinski definition) is 11. The molecule has 0 radical (unpaired) electrons. The van der Waals surface area contributed by atoms with Crippen molar-refractivity contribution in [2.75, 3.05) is 13.2 Å². The monoisotopic (exact) mass is 456 g/mol. The second-order valence-corrected chi connectivity index (χ2v) is 8.18. The molecule has 0 fully saturated rings. The minimum atomic E-state index is -0.665. The van der Waals surface area contributed by atoms with Crippen LogP contribution in [0.1, 0.15) is 40.5 Å². The van der Waals surface area contributed by atoms with Crippen molar-refractivity contribution in [1.29, 1.82) is 10.5 Å². The van der Waals surface area contributed by atoms with Crippen molar-refractivity contribution in [1.82, 2.24) is 0 Å². The van der Waals surface area contributed by atoms with E-state index in [2.05, 4.69) is 0 Å². The number of ether oxygens (including phenoxy) is 2. The van der Waals surface area contributed by atoms with E-state index in [1.165, 1.54) is 0 Å². The highest BCUT2D eigenvalue weighted by Crippen LogP contribution is 2.42. The average molecular weight is 457 g/mol. The Morgan fingerprint density at radius 2 is 1.24 bits per heavy atom. The number of carbonyl (C=O) groups is 2. The Hall–Kier alpha value is -2.21. The summed E-state index contributed by atoms with van der Waals surface area (Å²) in [6.45, 7) is 7.17. The maximum absolute atomic E-state index is 12.2. The Kier molecular flexibility index (Phi) is 13.6. The summed E-state index contributed by atoms with van der Waals surface area (Å²) in [6.07, 6.45) is 0.780. The third kappa shape index (κ3) is 8.77. The van der Waals surface area contributed by atoms with E-state index in [1.807, 2.05) is 12.1 Å². The number of hydrogen-bond donors (Lipinski definition) is 2. The van der Waals surface area contributed by atoms with Crippen LogP contribution < -0.4 is 11.5 Å². The molecule has 0 rings (SSSR count). The Morgan fingerprint density at radius 1 is 0.793 bits per heavy atom. The number of esters is 2. The minimum Gasteiger partial charge on any atom is -0.462 e. The van der Waals surface area contributed by atoms with Gasteiger partial charge in [-0.05, 0) is 48.3 Å².